The van der Waals surface area contributed by atoms with Crippen LogP contribution in [0.15, 0.2) is 16.5 Å². The second kappa shape index (κ2) is 7.73. The molecule has 0 saturated heterocycles. The molecule has 1 aliphatic carbocycles. The Balaban J connectivity index is -0.000000563. The maximum absolute atomic E-state index is 3.57. The second-order valence-electron chi connectivity index (χ2n) is 5.87. The largest absolute Gasteiger partial charge is 3.00 e. The van der Waals surface area contributed by atoms with Crippen LogP contribution in [-0.4, -0.2) is 16.1 Å². The van der Waals surface area contributed by atoms with Crippen LogP contribution in [0.25, 0.3) is 0 Å². The van der Waals surface area contributed by atoms with Gasteiger partial charge in [0, 0.05) is 8.07 Å². The number of hydrogen-bond donors (Lipinski definition) is 0. The summed E-state index contributed by atoms with van der Waals surface area (Å²) >= 11 is 0. The molecule has 0 spiro atoms. The van der Waals surface area contributed by atoms with Crippen molar-refractivity contribution in [1.29, 1.82) is 0 Å². The molecule has 0 aromatic carbocycles. The standard InChI is InChI=1S/C11H21Si2.2ClH.Zr/c1-12(2,3)10-8-7-9-11(10)13(4,5)6;;;/h8H,7H2,1-6H3;2*1H;/q-1;;;+3/p-2. The summed E-state index contributed by atoms with van der Waals surface area (Å²) in [6.45, 7) is 14.6. The van der Waals surface area contributed by atoms with Gasteiger partial charge >= 0.3 is 26.2 Å². The molecule has 1 aliphatic rings. The normalized spacial score (nSPS) is 15.1. The van der Waals surface area contributed by atoms with E-state index in [0.29, 0.717) is 0 Å². The summed E-state index contributed by atoms with van der Waals surface area (Å²) in [7, 11) is -2.23. The van der Waals surface area contributed by atoms with Crippen LogP contribution in [0, 0.1) is 6.08 Å². The predicted molar refractivity (Wildman–Crippen MR) is 66.1 cm³/mol. The van der Waals surface area contributed by atoms with Crippen LogP contribution >= 0.6 is 0 Å². The van der Waals surface area contributed by atoms with E-state index in [1.165, 1.54) is 0 Å². The smallest absolute Gasteiger partial charge is 1.00 e. The van der Waals surface area contributed by atoms with Gasteiger partial charge in [-0.1, -0.05) is 39.3 Å². The van der Waals surface area contributed by atoms with E-state index in [0.717, 1.165) is 6.42 Å². The molecule has 0 amide bonds. The number of hydrogen-bond acceptors (Lipinski definition) is 0. The van der Waals surface area contributed by atoms with Crippen molar-refractivity contribution in [2.24, 2.45) is 0 Å². The molecule has 0 heterocycles. The summed E-state index contributed by atoms with van der Waals surface area (Å²) in [6, 6.07) is 0. The molecule has 0 atom stereocenters. The van der Waals surface area contributed by atoms with E-state index < -0.39 is 16.1 Å². The quantitative estimate of drug-likeness (QED) is 0.382. The zero-order valence-corrected chi connectivity index (χ0v) is 17.0. The third kappa shape index (κ3) is 5.82. The van der Waals surface area contributed by atoms with Crippen molar-refractivity contribution in [2.75, 3.05) is 0 Å². The number of rotatable bonds is 2. The van der Waals surface area contributed by atoms with E-state index in [4.69, 9.17) is 0 Å². The first-order valence-electron chi connectivity index (χ1n) is 5.05. The average Bonchev–Trinajstić information content (AvgIpc) is 2.27. The minimum Gasteiger partial charge on any atom is -1.00 e. The van der Waals surface area contributed by atoms with Crippen LogP contribution in [0.5, 0.6) is 0 Å². The van der Waals surface area contributed by atoms with Gasteiger partial charge in [-0.3, -0.25) is 6.08 Å². The van der Waals surface area contributed by atoms with Gasteiger partial charge in [-0.15, -0.1) is 6.42 Å². The molecule has 0 bridgehead atoms. The van der Waals surface area contributed by atoms with E-state index in [-0.39, 0.29) is 51.0 Å². The zero-order valence-electron chi connectivity index (χ0n) is 11.0. The summed E-state index contributed by atoms with van der Waals surface area (Å²) in [5, 5.41) is 3.30. The molecule has 0 nitrogen and oxygen atoms in total. The van der Waals surface area contributed by atoms with Gasteiger partial charge in [-0.2, -0.15) is 6.08 Å². The van der Waals surface area contributed by atoms with Gasteiger partial charge in [0.15, 0.2) is 0 Å². The van der Waals surface area contributed by atoms with Crippen LogP contribution in [0.1, 0.15) is 6.42 Å². The molecule has 0 aliphatic heterocycles. The topological polar surface area (TPSA) is 0 Å². The maximum Gasteiger partial charge on any atom is 3.00 e. The van der Waals surface area contributed by atoms with Gasteiger partial charge < -0.3 is 24.8 Å². The SMILES string of the molecule is C[Si](C)(C)C1=[C-]CC=C1[Si](C)(C)C.[Cl-].[Cl-].[Zr+3]. The third-order valence-electron chi connectivity index (χ3n) is 2.41. The van der Waals surface area contributed by atoms with Crippen molar-refractivity contribution in [3.63, 3.8) is 0 Å². The molecule has 16 heavy (non-hydrogen) atoms. The van der Waals surface area contributed by atoms with E-state index in [1.807, 2.05) is 0 Å². The van der Waals surface area contributed by atoms with Gasteiger partial charge in [-0.25, -0.2) is 10.4 Å². The Morgan fingerprint density at radius 3 is 1.62 bits per heavy atom. The Morgan fingerprint density at radius 1 is 0.938 bits per heavy atom. The Kier molecular flexibility index (Phi) is 10.9. The van der Waals surface area contributed by atoms with E-state index in [9.17, 15) is 0 Å². The molecule has 0 aromatic rings. The van der Waals surface area contributed by atoms with Crippen LogP contribution in [0.2, 0.25) is 39.3 Å². The molecule has 0 aromatic heterocycles. The zero-order chi connectivity index (χ0) is 10.3. The second-order valence-corrected chi connectivity index (χ2v) is 15.9. The first-order valence-corrected chi connectivity index (χ1v) is 12.1. The Morgan fingerprint density at radius 2 is 1.38 bits per heavy atom. The van der Waals surface area contributed by atoms with Crippen LogP contribution < -0.4 is 24.8 Å². The fourth-order valence-corrected chi connectivity index (χ4v) is 7.15. The van der Waals surface area contributed by atoms with Gasteiger partial charge in [0.25, 0.3) is 0 Å². The number of allylic oxidation sites excluding steroid dienone is 4. The molecule has 0 N–H and O–H groups in total. The Bertz CT molecular complexity index is 245. The van der Waals surface area contributed by atoms with Crippen molar-refractivity contribution in [2.45, 2.75) is 45.7 Å². The summed E-state index contributed by atoms with van der Waals surface area (Å²) in [5.41, 5.74) is 0. The van der Waals surface area contributed by atoms with E-state index in [2.05, 4.69) is 51.4 Å². The maximum atomic E-state index is 3.57. The minimum absolute atomic E-state index is 0. The molecule has 0 unspecified atom stereocenters. The van der Waals surface area contributed by atoms with Crippen LogP contribution in [0.3, 0.4) is 0 Å². The summed E-state index contributed by atoms with van der Waals surface area (Å²) in [5.74, 6) is 0. The Hall–Kier alpha value is 1.38. The van der Waals surface area contributed by atoms with Gasteiger partial charge in [0.1, 0.15) is 0 Å². The summed E-state index contributed by atoms with van der Waals surface area (Å²) < 4.78 is 0. The monoisotopic (exact) mass is 369 g/mol. The third-order valence-corrected chi connectivity index (χ3v) is 6.68. The molecular formula is C11H21Cl2Si2Zr. The first kappa shape index (κ1) is 22.5. The fraction of sp³-hybridized carbons (Fsp3) is 0.636. The van der Waals surface area contributed by atoms with E-state index >= 15 is 0 Å². The van der Waals surface area contributed by atoms with Gasteiger partial charge in [0.05, 0.1) is 0 Å². The van der Waals surface area contributed by atoms with E-state index in [1.54, 1.807) is 10.4 Å². The molecular weight excluding hydrogens is 350 g/mol. The van der Waals surface area contributed by atoms with Crippen molar-refractivity contribution in [1.82, 2.24) is 0 Å². The minimum atomic E-state index is -1.13. The molecule has 1 rings (SSSR count). The molecule has 5 heteroatoms. The predicted octanol–water partition coefficient (Wildman–Crippen LogP) is -2.19. The van der Waals surface area contributed by atoms with Crippen molar-refractivity contribution < 1.29 is 51.0 Å². The summed E-state index contributed by atoms with van der Waals surface area (Å²) in [4.78, 5) is 0. The van der Waals surface area contributed by atoms with Crippen molar-refractivity contribution in [3.05, 3.63) is 22.5 Å². The average molecular weight is 372 g/mol. The van der Waals surface area contributed by atoms with Gasteiger partial charge in [0.2, 0.25) is 0 Å². The van der Waals surface area contributed by atoms with Crippen LogP contribution in [-0.2, 0) is 26.2 Å². The fourth-order valence-electron chi connectivity index (χ4n) is 1.80. The van der Waals surface area contributed by atoms with Gasteiger partial charge in [-0.05, 0) is 8.07 Å². The Labute approximate surface area is 134 Å². The first-order chi connectivity index (χ1) is 5.73. The molecule has 1 radical (unpaired) electrons. The number of halogens is 2. The van der Waals surface area contributed by atoms with Crippen molar-refractivity contribution in [3.8, 4) is 0 Å². The molecule has 0 fully saturated rings. The van der Waals surface area contributed by atoms with Crippen LogP contribution in [0.4, 0.5) is 0 Å². The molecule has 91 valence electrons. The molecule has 0 saturated carbocycles. The summed E-state index contributed by atoms with van der Waals surface area (Å²) in [6.07, 6.45) is 7.06. The van der Waals surface area contributed by atoms with Crippen molar-refractivity contribution >= 4 is 16.1 Å².